The molecule has 0 saturated heterocycles. The van der Waals surface area contributed by atoms with Crippen molar-refractivity contribution in [1.82, 2.24) is 0 Å². The molecule has 2 nitrogen and oxygen atoms in total. The topological polar surface area (TPSA) is 37.3 Å². The van der Waals surface area contributed by atoms with Crippen molar-refractivity contribution >= 4 is 5.97 Å². The molecule has 0 aliphatic heterocycles. The van der Waals surface area contributed by atoms with Crippen LogP contribution in [0.4, 0.5) is 0 Å². The van der Waals surface area contributed by atoms with E-state index in [0.29, 0.717) is 6.42 Å². The Labute approximate surface area is 124 Å². The molecule has 114 valence electrons. The summed E-state index contributed by atoms with van der Waals surface area (Å²) in [6.45, 7) is 6.39. The Hall–Kier alpha value is -1.31. The van der Waals surface area contributed by atoms with Gasteiger partial charge in [0, 0.05) is 6.42 Å². The van der Waals surface area contributed by atoms with E-state index in [-0.39, 0.29) is 0 Å². The molecule has 1 aromatic rings. The van der Waals surface area contributed by atoms with Crippen LogP contribution in [-0.4, -0.2) is 11.1 Å². The minimum Gasteiger partial charge on any atom is -0.481 e. The number of unbranched alkanes of at least 4 members (excludes halogenated alkanes) is 6. The summed E-state index contributed by atoms with van der Waals surface area (Å²) in [4.78, 5) is 10.1. The van der Waals surface area contributed by atoms with Crippen LogP contribution in [0, 0.1) is 13.8 Å². The van der Waals surface area contributed by atoms with Crippen molar-refractivity contribution in [3.8, 4) is 0 Å². The minimum atomic E-state index is -0.663. The third-order valence-corrected chi connectivity index (χ3v) is 3.21. The average Bonchev–Trinajstić information content (AvgIpc) is 2.41. The zero-order chi connectivity index (χ0) is 15.2. The fourth-order valence-electron chi connectivity index (χ4n) is 1.87. The van der Waals surface area contributed by atoms with Gasteiger partial charge in [-0.2, -0.15) is 0 Å². The van der Waals surface area contributed by atoms with E-state index in [1.165, 1.54) is 43.2 Å². The van der Waals surface area contributed by atoms with Gasteiger partial charge in [0.2, 0.25) is 0 Å². The summed E-state index contributed by atoms with van der Waals surface area (Å²) in [5, 5.41) is 8.35. The number of rotatable bonds is 8. The molecule has 20 heavy (non-hydrogen) atoms. The van der Waals surface area contributed by atoms with Gasteiger partial charge in [0.05, 0.1) is 0 Å². The van der Waals surface area contributed by atoms with Gasteiger partial charge in [0.25, 0.3) is 0 Å². The summed E-state index contributed by atoms with van der Waals surface area (Å²) < 4.78 is 0. The van der Waals surface area contributed by atoms with Crippen LogP contribution in [0.3, 0.4) is 0 Å². The number of benzene rings is 1. The van der Waals surface area contributed by atoms with E-state index in [1.807, 2.05) is 0 Å². The normalized spacial score (nSPS) is 9.75. The molecule has 0 radical (unpaired) electrons. The quantitative estimate of drug-likeness (QED) is 0.636. The molecule has 0 aromatic heterocycles. The highest BCUT2D eigenvalue weighted by atomic mass is 16.4. The second-order valence-electron chi connectivity index (χ2n) is 5.42. The van der Waals surface area contributed by atoms with Gasteiger partial charge in [-0.05, 0) is 20.3 Å². The Bertz CT molecular complexity index is 320. The number of aryl methyl sites for hydroxylation is 2. The fourth-order valence-corrected chi connectivity index (χ4v) is 1.87. The van der Waals surface area contributed by atoms with E-state index in [4.69, 9.17) is 5.11 Å². The van der Waals surface area contributed by atoms with Gasteiger partial charge in [-0.15, -0.1) is 0 Å². The molecule has 0 unspecified atom stereocenters. The van der Waals surface area contributed by atoms with Gasteiger partial charge in [0.15, 0.2) is 0 Å². The van der Waals surface area contributed by atoms with E-state index in [9.17, 15) is 4.79 Å². The summed E-state index contributed by atoms with van der Waals surface area (Å²) >= 11 is 0. The lowest BCUT2D eigenvalue weighted by Crippen LogP contribution is -1.93. The Morgan fingerprint density at radius 3 is 1.65 bits per heavy atom. The van der Waals surface area contributed by atoms with Crippen LogP contribution in [0.5, 0.6) is 0 Å². The first kappa shape index (κ1) is 18.7. The number of carboxylic acids is 1. The molecule has 1 aromatic carbocycles. The molecule has 0 atom stereocenters. The molecular formula is C18H30O2. The zero-order valence-electron chi connectivity index (χ0n) is 13.3. The molecule has 2 heteroatoms. The maximum atomic E-state index is 10.1. The summed E-state index contributed by atoms with van der Waals surface area (Å²) in [6.07, 6.45) is 8.64. The summed E-state index contributed by atoms with van der Waals surface area (Å²) in [5.74, 6) is -0.663. The van der Waals surface area contributed by atoms with Gasteiger partial charge >= 0.3 is 5.97 Å². The lowest BCUT2D eigenvalue weighted by Gasteiger charge is -1.98. The third kappa shape index (κ3) is 13.1. The molecule has 1 rings (SSSR count). The molecule has 0 heterocycles. The van der Waals surface area contributed by atoms with Crippen LogP contribution >= 0.6 is 0 Å². The molecule has 0 spiro atoms. The number of hydrogen-bond donors (Lipinski definition) is 1. The van der Waals surface area contributed by atoms with Crippen molar-refractivity contribution in [1.29, 1.82) is 0 Å². The number of aliphatic carboxylic acids is 1. The van der Waals surface area contributed by atoms with Crippen molar-refractivity contribution in [3.63, 3.8) is 0 Å². The van der Waals surface area contributed by atoms with Crippen molar-refractivity contribution in [3.05, 3.63) is 35.4 Å². The fraction of sp³-hybridized carbons (Fsp3) is 0.611. The molecule has 0 aliphatic carbocycles. The van der Waals surface area contributed by atoms with Gasteiger partial charge in [-0.3, -0.25) is 4.79 Å². The van der Waals surface area contributed by atoms with Crippen molar-refractivity contribution in [2.75, 3.05) is 0 Å². The van der Waals surface area contributed by atoms with E-state index in [1.54, 1.807) is 0 Å². The monoisotopic (exact) mass is 278 g/mol. The van der Waals surface area contributed by atoms with Crippen molar-refractivity contribution < 1.29 is 9.90 Å². The Morgan fingerprint density at radius 1 is 0.850 bits per heavy atom. The second-order valence-corrected chi connectivity index (χ2v) is 5.42. The van der Waals surface area contributed by atoms with Crippen LogP contribution in [0.1, 0.15) is 69.4 Å². The highest BCUT2D eigenvalue weighted by Gasteiger charge is 1.95. The van der Waals surface area contributed by atoms with Gasteiger partial charge < -0.3 is 5.11 Å². The summed E-state index contributed by atoms with van der Waals surface area (Å²) in [7, 11) is 0. The van der Waals surface area contributed by atoms with Crippen LogP contribution in [0.2, 0.25) is 0 Å². The number of hydrogen-bond acceptors (Lipinski definition) is 1. The van der Waals surface area contributed by atoms with Crippen molar-refractivity contribution in [2.45, 2.75) is 72.1 Å². The highest BCUT2D eigenvalue weighted by molar-refractivity contribution is 5.66. The second kappa shape index (κ2) is 12.7. The Morgan fingerprint density at radius 2 is 1.25 bits per heavy atom. The van der Waals surface area contributed by atoms with Crippen LogP contribution in [-0.2, 0) is 4.79 Å². The maximum absolute atomic E-state index is 10.1. The van der Waals surface area contributed by atoms with Gasteiger partial charge in [-0.1, -0.05) is 80.8 Å². The first-order valence-electron chi connectivity index (χ1n) is 7.81. The third-order valence-electron chi connectivity index (χ3n) is 3.21. The van der Waals surface area contributed by atoms with E-state index in [2.05, 4.69) is 45.0 Å². The minimum absolute atomic E-state index is 0.341. The largest absolute Gasteiger partial charge is 0.481 e. The standard InChI is InChI=1S/C10H20O2.C8H10/c1-2-3-4-5-6-7-8-9-10(11)12;1-7-3-5-8(2)6-4-7/h2-9H2,1H3,(H,11,12);3-6H,1-2H3. The lowest BCUT2D eigenvalue weighted by atomic mass is 10.1. The van der Waals surface area contributed by atoms with E-state index in [0.717, 1.165) is 12.8 Å². The average molecular weight is 278 g/mol. The first-order valence-corrected chi connectivity index (χ1v) is 7.81. The SMILES string of the molecule is CCCCCCCCCC(=O)O.Cc1ccc(C)cc1. The molecule has 0 fully saturated rings. The molecule has 1 N–H and O–H groups in total. The Balaban J connectivity index is 0.000000388. The van der Waals surface area contributed by atoms with Gasteiger partial charge in [0.1, 0.15) is 0 Å². The maximum Gasteiger partial charge on any atom is 0.303 e. The smallest absolute Gasteiger partial charge is 0.303 e. The van der Waals surface area contributed by atoms with E-state index < -0.39 is 5.97 Å². The van der Waals surface area contributed by atoms with Crippen LogP contribution < -0.4 is 0 Å². The lowest BCUT2D eigenvalue weighted by molar-refractivity contribution is -0.137. The molecule has 0 bridgehead atoms. The molecular weight excluding hydrogens is 248 g/mol. The molecule has 0 saturated carbocycles. The predicted molar refractivity (Wildman–Crippen MR) is 86.2 cm³/mol. The zero-order valence-corrected chi connectivity index (χ0v) is 13.3. The van der Waals surface area contributed by atoms with Gasteiger partial charge in [-0.25, -0.2) is 0 Å². The number of carboxylic acid groups (broad SMARTS) is 1. The van der Waals surface area contributed by atoms with Crippen molar-refractivity contribution in [2.24, 2.45) is 0 Å². The Kier molecular flexibility index (Phi) is 11.9. The number of carbonyl (C=O) groups is 1. The first-order chi connectivity index (χ1) is 9.56. The van der Waals surface area contributed by atoms with Crippen LogP contribution in [0.25, 0.3) is 0 Å². The van der Waals surface area contributed by atoms with E-state index >= 15 is 0 Å². The molecule has 0 aliphatic rings. The molecule has 0 amide bonds. The predicted octanol–water partition coefficient (Wildman–Crippen LogP) is 5.52. The highest BCUT2D eigenvalue weighted by Crippen LogP contribution is 2.07. The summed E-state index contributed by atoms with van der Waals surface area (Å²) in [6, 6.07) is 8.48. The van der Waals surface area contributed by atoms with Crippen LogP contribution in [0.15, 0.2) is 24.3 Å². The summed E-state index contributed by atoms with van der Waals surface area (Å²) in [5.41, 5.74) is 2.66.